The number of nitrogens with zero attached hydrogens (tertiary/aromatic N) is 2. The standard InChI is InChI=1S/C17H15FN4O3/c1-21-8-4-5-11(21)9-14-16(24)22(17(25)20-14)10-15(23)19-13-7-3-2-6-12(13)18/h2-9H,10H2,1H3,(H,19,23)(H,20,25)/b14-9-. The molecule has 0 bridgehead atoms. The number of benzene rings is 1. The highest BCUT2D eigenvalue weighted by Crippen LogP contribution is 2.15. The summed E-state index contributed by atoms with van der Waals surface area (Å²) in [6, 6.07) is 8.52. The number of carbonyl (C=O) groups is 3. The van der Waals surface area contributed by atoms with Gasteiger partial charge in [0.2, 0.25) is 5.91 Å². The molecule has 128 valence electrons. The van der Waals surface area contributed by atoms with E-state index in [-0.39, 0.29) is 11.4 Å². The number of aromatic nitrogens is 1. The minimum Gasteiger partial charge on any atom is -0.351 e. The fourth-order valence-electron chi connectivity index (χ4n) is 2.38. The van der Waals surface area contributed by atoms with Gasteiger partial charge in [-0.1, -0.05) is 12.1 Å². The summed E-state index contributed by atoms with van der Waals surface area (Å²) in [6.45, 7) is -0.510. The van der Waals surface area contributed by atoms with Crippen LogP contribution in [-0.4, -0.2) is 33.9 Å². The van der Waals surface area contributed by atoms with E-state index in [0.717, 1.165) is 10.6 Å². The molecule has 1 saturated heterocycles. The molecule has 1 fully saturated rings. The van der Waals surface area contributed by atoms with Crippen LogP contribution in [0.2, 0.25) is 0 Å². The third-order valence-corrected chi connectivity index (χ3v) is 3.69. The number of para-hydroxylation sites is 1. The molecular weight excluding hydrogens is 327 g/mol. The molecule has 0 saturated carbocycles. The molecule has 1 aliphatic heterocycles. The number of rotatable bonds is 4. The van der Waals surface area contributed by atoms with Crippen molar-refractivity contribution in [2.24, 2.45) is 7.05 Å². The van der Waals surface area contributed by atoms with E-state index < -0.39 is 30.2 Å². The number of urea groups is 1. The van der Waals surface area contributed by atoms with E-state index in [2.05, 4.69) is 10.6 Å². The largest absolute Gasteiger partial charge is 0.351 e. The Balaban J connectivity index is 1.71. The van der Waals surface area contributed by atoms with Crippen LogP contribution in [0.3, 0.4) is 0 Å². The second-order valence-electron chi connectivity index (χ2n) is 5.45. The zero-order valence-electron chi connectivity index (χ0n) is 13.3. The average Bonchev–Trinajstić information content (AvgIpc) is 3.08. The van der Waals surface area contributed by atoms with E-state index in [1.54, 1.807) is 36.0 Å². The molecule has 3 rings (SSSR count). The lowest BCUT2D eigenvalue weighted by Crippen LogP contribution is -2.38. The molecular formula is C17H15FN4O3. The number of nitrogens with one attached hydrogen (secondary N) is 2. The van der Waals surface area contributed by atoms with Gasteiger partial charge in [-0.3, -0.25) is 9.59 Å². The van der Waals surface area contributed by atoms with E-state index in [0.29, 0.717) is 0 Å². The zero-order valence-corrected chi connectivity index (χ0v) is 13.3. The molecule has 0 atom stereocenters. The fourth-order valence-corrected chi connectivity index (χ4v) is 2.38. The molecule has 1 aromatic heterocycles. The Hall–Kier alpha value is -3.42. The third-order valence-electron chi connectivity index (χ3n) is 3.69. The monoisotopic (exact) mass is 342 g/mol. The maximum absolute atomic E-state index is 13.5. The van der Waals surface area contributed by atoms with E-state index in [1.807, 2.05) is 0 Å². The molecule has 2 aromatic rings. The number of hydrogen-bond donors (Lipinski definition) is 2. The van der Waals surface area contributed by atoms with Gasteiger partial charge in [-0.05, 0) is 30.3 Å². The summed E-state index contributed by atoms with van der Waals surface area (Å²) < 4.78 is 15.3. The maximum atomic E-state index is 13.5. The Morgan fingerprint density at radius 2 is 2.00 bits per heavy atom. The zero-order chi connectivity index (χ0) is 18.0. The van der Waals surface area contributed by atoms with Crippen LogP contribution >= 0.6 is 0 Å². The normalized spacial score (nSPS) is 15.6. The predicted molar refractivity (Wildman–Crippen MR) is 88.7 cm³/mol. The van der Waals surface area contributed by atoms with E-state index >= 15 is 0 Å². The van der Waals surface area contributed by atoms with Crippen molar-refractivity contribution < 1.29 is 18.8 Å². The highest BCUT2D eigenvalue weighted by Gasteiger charge is 2.35. The molecule has 2 N–H and O–H groups in total. The molecule has 2 heterocycles. The summed E-state index contributed by atoms with van der Waals surface area (Å²) >= 11 is 0. The lowest BCUT2D eigenvalue weighted by Gasteiger charge is -2.12. The number of amides is 4. The molecule has 0 spiro atoms. The van der Waals surface area contributed by atoms with Gasteiger partial charge in [0.15, 0.2) is 0 Å². The van der Waals surface area contributed by atoms with Gasteiger partial charge in [-0.15, -0.1) is 0 Å². The Morgan fingerprint density at radius 3 is 2.68 bits per heavy atom. The number of imide groups is 1. The summed E-state index contributed by atoms with van der Waals surface area (Å²) in [7, 11) is 1.80. The molecule has 25 heavy (non-hydrogen) atoms. The number of carbonyl (C=O) groups excluding carboxylic acids is 3. The van der Waals surface area contributed by atoms with Gasteiger partial charge in [-0.25, -0.2) is 14.1 Å². The SMILES string of the molecule is Cn1cccc1/C=C1\NC(=O)N(CC(=O)Nc2ccccc2F)C1=O. The third kappa shape index (κ3) is 3.42. The molecule has 0 unspecified atom stereocenters. The van der Waals surface area contributed by atoms with Crippen LogP contribution in [0.15, 0.2) is 48.3 Å². The first-order chi connectivity index (χ1) is 12.0. The molecule has 1 aliphatic rings. The molecule has 8 heteroatoms. The van der Waals surface area contributed by atoms with Gasteiger partial charge >= 0.3 is 6.03 Å². The summed E-state index contributed by atoms with van der Waals surface area (Å²) in [5, 5.41) is 4.77. The van der Waals surface area contributed by atoms with E-state index in [4.69, 9.17) is 0 Å². The first-order valence-corrected chi connectivity index (χ1v) is 7.46. The van der Waals surface area contributed by atoms with Crippen molar-refractivity contribution in [3.8, 4) is 0 Å². The van der Waals surface area contributed by atoms with Crippen molar-refractivity contribution >= 4 is 29.6 Å². The molecule has 0 aliphatic carbocycles. The Labute approximate surface area is 142 Å². The second-order valence-corrected chi connectivity index (χ2v) is 5.45. The summed E-state index contributed by atoms with van der Waals surface area (Å²) in [5.41, 5.74) is 0.783. The summed E-state index contributed by atoms with van der Waals surface area (Å²) in [5.74, 6) is -1.89. The topological polar surface area (TPSA) is 83.4 Å². The minimum atomic E-state index is -0.700. The number of anilines is 1. The highest BCUT2D eigenvalue weighted by atomic mass is 19.1. The van der Waals surface area contributed by atoms with Crippen LogP contribution in [0.4, 0.5) is 14.9 Å². The van der Waals surface area contributed by atoms with Crippen molar-refractivity contribution in [1.29, 1.82) is 0 Å². The first kappa shape index (κ1) is 16.4. The van der Waals surface area contributed by atoms with Crippen LogP contribution in [0.5, 0.6) is 0 Å². The molecule has 1 aromatic carbocycles. The average molecular weight is 342 g/mol. The summed E-state index contributed by atoms with van der Waals surface area (Å²) in [6.07, 6.45) is 3.32. The van der Waals surface area contributed by atoms with Crippen molar-refractivity contribution in [2.75, 3.05) is 11.9 Å². The molecule has 4 amide bonds. The van der Waals surface area contributed by atoms with Crippen LogP contribution < -0.4 is 10.6 Å². The van der Waals surface area contributed by atoms with E-state index in [9.17, 15) is 18.8 Å². The number of hydrogen-bond acceptors (Lipinski definition) is 3. The number of aryl methyl sites for hydroxylation is 1. The van der Waals surface area contributed by atoms with Gasteiger partial charge in [0.25, 0.3) is 5.91 Å². The Morgan fingerprint density at radius 1 is 1.24 bits per heavy atom. The number of halogens is 1. The van der Waals surface area contributed by atoms with E-state index in [1.165, 1.54) is 24.3 Å². The predicted octanol–water partition coefficient (Wildman–Crippen LogP) is 1.70. The minimum absolute atomic E-state index is 0.0147. The van der Waals surface area contributed by atoms with Gasteiger partial charge in [0, 0.05) is 18.9 Å². The van der Waals surface area contributed by atoms with Crippen LogP contribution in [0.1, 0.15) is 5.69 Å². The van der Waals surface area contributed by atoms with Crippen LogP contribution in [0, 0.1) is 5.82 Å². The maximum Gasteiger partial charge on any atom is 0.329 e. The first-order valence-electron chi connectivity index (χ1n) is 7.46. The Bertz CT molecular complexity index is 888. The molecule has 0 radical (unpaired) electrons. The van der Waals surface area contributed by atoms with Crippen molar-refractivity contribution in [1.82, 2.24) is 14.8 Å². The second kappa shape index (κ2) is 6.60. The van der Waals surface area contributed by atoms with Crippen LogP contribution in [0.25, 0.3) is 6.08 Å². The quantitative estimate of drug-likeness (QED) is 0.655. The summed E-state index contributed by atoms with van der Waals surface area (Å²) in [4.78, 5) is 37.1. The lowest BCUT2D eigenvalue weighted by molar-refractivity contribution is -0.127. The van der Waals surface area contributed by atoms with Gasteiger partial charge in [0.1, 0.15) is 18.1 Å². The van der Waals surface area contributed by atoms with Crippen molar-refractivity contribution in [3.63, 3.8) is 0 Å². The molecule has 7 nitrogen and oxygen atoms in total. The van der Waals surface area contributed by atoms with Gasteiger partial charge in [-0.2, -0.15) is 0 Å². The smallest absolute Gasteiger partial charge is 0.329 e. The fraction of sp³-hybridized carbons (Fsp3) is 0.118. The van der Waals surface area contributed by atoms with Crippen molar-refractivity contribution in [2.45, 2.75) is 0 Å². The highest BCUT2D eigenvalue weighted by molar-refractivity contribution is 6.15. The Kier molecular flexibility index (Phi) is 4.34. The lowest BCUT2D eigenvalue weighted by atomic mass is 10.3. The van der Waals surface area contributed by atoms with Gasteiger partial charge in [0.05, 0.1) is 5.69 Å². The van der Waals surface area contributed by atoms with Crippen LogP contribution in [-0.2, 0) is 16.6 Å². The van der Waals surface area contributed by atoms with Crippen molar-refractivity contribution in [3.05, 3.63) is 59.8 Å². The van der Waals surface area contributed by atoms with Gasteiger partial charge < -0.3 is 15.2 Å².